The van der Waals surface area contributed by atoms with Gasteiger partial charge in [-0.1, -0.05) is 11.6 Å². The number of aromatic nitrogens is 4. The minimum Gasteiger partial charge on any atom is -0.364 e. The third-order valence-electron chi connectivity index (χ3n) is 5.06. The maximum atomic E-state index is 13.0. The molecule has 0 radical (unpaired) electrons. The molecule has 2 atom stereocenters. The third kappa shape index (κ3) is 4.79. The van der Waals surface area contributed by atoms with Gasteiger partial charge in [0.15, 0.2) is 5.69 Å². The molecule has 31 heavy (non-hydrogen) atoms. The molecule has 1 amide bonds. The molecular weight excluding hydrogens is 433 g/mol. The van der Waals surface area contributed by atoms with Gasteiger partial charge in [-0.15, -0.1) is 0 Å². The Morgan fingerprint density at radius 2 is 1.97 bits per heavy atom. The van der Waals surface area contributed by atoms with Gasteiger partial charge in [0, 0.05) is 29.5 Å². The van der Waals surface area contributed by atoms with Crippen molar-refractivity contribution in [2.75, 3.05) is 5.32 Å². The van der Waals surface area contributed by atoms with Gasteiger partial charge in [-0.25, -0.2) is 14.6 Å². The van der Waals surface area contributed by atoms with Gasteiger partial charge < -0.3 is 10.6 Å². The van der Waals surface area contributed by atoms with Crippen molar-refractivity contribution in [1.29, 1.82) is 0 Å². The van der Waals surface area contributed by atoms with Crippen molar-refractivity contribution in [2.24, 2.45) is 0 Å². The summed E-state index contributed by atoms with van der Waals surface area (Å²) in [6, 6.07) is 6.29. The highest BCUT2D eigenvalue weighted by molar-refractivity contribution is 6.31. The molecule has 2 heterocycles. The molecule has 11 heteroatoms. The fourth-order valence-corrected chi connectivity index (χ4v) is 3.76. The fraction of sp³-hybridized carbons (Fsp3) is 0.300. The summed E-state index contributed by atoms with van der Waals surface area (Å²) in [7, 11) is 0. The molecule has 1 aliphatic rings. The molecule has 0 saturated heterocycles. The first kappa shape index (κ1) is 21.1. The lowest BCUT2D eigenvalue weighted by Gasteiger charge is -2.23. The lowest BCUT2D eigenvalue weighted by Crippen LogP contribution is -2.43. The third-order valence-corrected chi connectivity index (χ3v) is 5.30. The normalized spacial score (nSPS) is 18.7. The topological polar surface area (TPSA) is 84.7 Å². The van der Waals surface area contributed by atoms with Crippen LogP contribution in [0, 0.1) is 0 Å². The summed E-state index contributed by atoms with van der Waals surface area (Å²) in [5.74, 6) is -0.0932. The number of alkyl halides is 3. The average molecular weight is 451 g/mol. The van der Waals surface area contributed by atoms with E-state index >= 15 is 0 Å². The minimum atomic E-state index is -4.54. The number of anilines is 1. The van der Waals surface area contributed by atoms with Crippen LogP contribution in [-0.2, 0) is 6.18 Å². The Morgan fingerprint density at radius 3 is 2.65 bits per heavy atom. The van der Waals surface area contributed by atoms with E-state index in [0.717, 1.165) is 25.5 Å². The van der Waals surface area contributed by atoms with Crippen molar-refractivity contribution in [2.45, 2.75) is 37.5 Å². The van der Waals surface area contributed by atoms with E-state index < -0.39 is 11.9 Å². The summed E-state index contributed by atoms with van der Waals surface area (Å²) in [6.07, 6.45) is 2.82. The SMILES string of the molecule is O=C(N[C@H]1CCC[C@@H]1Nc1cnc(C(F)(F)F)cn1)c1cc(Cl)ccc1-n1cccn1. The van der Waals surface area contributed by atoms with E-state index in [1.807, 2.05) is 0 Å². The van der Waals surface area contributed by atoms with Gasteiger partial charge in [0.1, 0.15) is 5.82 Å². The van der Waals surface area contributed by atoms with Crippen LogP contribution in [0.3, 0.4) is 0 Å². The highest BCUT2D eigenvalue weighted by Crippen LogP contribution is 2.28. The van der Waals surface area contributed by atoms with Gasteiger partial charge in [0.05, 0.1) is 23.6 Å². The van der Waals surface area contributed by atoms with Gasteiger partial charge in [-0.2, -0.15) is 18.3 Å². The Balaban J connectivity index is 1.48. The molecule has 1 saturated carbocycles. The highest BCUT2D eigenvalue weighted by Gasteiger charge is 2.33. The summed E-state index contributed by atoms with van der Waals surface area (Å²) in [5.41, 5.74) is -0.0967. The Morgan fingerprint density at radius 1 is 1.16 bits per heavy atom. The van der Waals surface area contributed by atoms with E-state index in [-0.39, 0.29) is 23.8 Å². The average Bonchev–Trinajstić information content (AvgIpc) is 3.40. The first-order valence-electron chi connectivity index (χ1n) is 9.57. The molecule has 0 spiro atoms. The molecule has 1 aliphatic carbocycles. The Kier molecular flexibility index (Phi) is 5.81. The van der Waals surface area contributed by atoms with E-state index in [9.17, 15) is 18.0 Å². The number of amides is 1. The quantitative estimate of drug-likeness (QED) is 0.611. The minimum absolute atomic E-state index is 0.192. The molecular formula is C20H18ClF3N6O. The number of carbonyl (C=O) groups excluding carboxylic acids is 1. The molecule has 0 unspecified atom stereocenters. The maximum Gasteiger partial charge on any atom is 0.434 e. The molecule has 7 nitrogen and oxygen atoms in total. The van der Waals surface area contributed by atoms with Gasteiger partial charge in [0.25, 0.3) is 5.91 Å². The van der Waals surface area contributed by atoms with Crippen molar-refractivity contribution < 1.29 is 18.0 Å². The Hall–Kier alpha value is -3.14. The smallest absolute Gasteiger partial charge is 0.364 e. The van der Waals surface area contributed by atoms with E-state index in [1.165, 1.54) is 0 Å². The summed E-state index contributed by atoms with van der Waals surface area (Å²) >= 11 is 6.10. The van der Waals surface area contributed by atoms with Gasteiger partial charge >= 0.3 is 6.18 Å². The molecule has 2 N–H and O–H groups in total. The molecule has 0 bridgehead atoms. The number of rotatable bonds is 5. The predicted octanol–water partition coefficient (Wildman–Crippen LogP) is 4.10. The Labute approximate surface area is 180 Å². The Bertz CT molecular complexity index is 1060. The van der Waals surface area contributed by atoms with Gasteiger partial charge in [0.2, 0.25) is 0 Å². The second-order valence-electron chi connectivity index (χ2n) is 7.16. The maximum absolute atomic E-state index is 13.0. The number of halogens is 4. The van der Waals surface area contributed by atoms with Crippen molar-refractivity contribution >= 4 is 23.3 Å². The molecule has 3 aromatic rings. The first-order chi connectivity index (χ1) is 14.8. The number of hydrogen-bond donors (Lipinski definition) is 2. The first-order valence-corrected chi connectivity index (χ1v) is 9.95. The van der Waals surface area contributed by atoms with E-state index in [2.05, 4.69) is 25.7 Å². The van der Waals surface area contributed by atoms with Crippen LogP contribution in [-0.4, -0.2) is 37.7 Å². The zero-order valence-corrected chi connectivity index (χ0v) is 16.9. The molecule has 1 fully saturated rings. The summed E-state index contributed by atoms with van der Waals surface area (Å²) in [5, 5.41) is 10.7. The molecule has 2 aromatic heterocycles. The van der Waals surface area contributed by atoms with Crippen LogP contribution in [0.1, 0.15) is 35.3 Å². The highest BCUT2D eigenvalue weighted by atomic mass is 35.5. The monoisotopic (exact) mass is 450 g/mol. The van der Waals surface area contributed by atoms with E-state index in [1.54, 1.807) is 41.3 Å². The van der Waals surface area contributed by atoms with Crippen LogP contribution in [0.4, 0.5) is 19.0 Å². The largest absolute Gasteiger partial charge is 0.434 e. The van der Waals surface area contributed by atoms with Crippen LogP contribution < -0.4 is 10.6 Å². The number of carbonyl (C=O) groups is 1. The zero-order chi connectivity index (χ0) is 22.0. The summed E-state index contributed by atoms with van der Waals surface area (Å²) in [4.78, 5) is 20.2. The van der Waals surface area contributed by atoms with E-state index in [4.69, 9.17) is 11.6 Å². The molecule has 0 aliphatic heterocycles. The summed E-state index contributed by atoms with van der Waals surface area (Å²) < 4.78 is 39.6. The predicted molar refractivity (Wildman–Crippen MR) is 108 cm³/mol. The second kappa shape index (κ2) is 8.54. The number of nitrogens with zero attached hydrogens (tertiary/aromatic N) is 4. The number of benzene rings is 1. The van der Waals surface area contributed by atoms with Crippen molar-refractivity contribution in [3.8, 4) is 5.69 Å². The molecule has 4 rings (SSSR count). The van der Waals surface area contributed by atoms with Crippen LogP contribution in [0.2, 0.25) is 5.02 Å². The van der Waals surface area contributed by atoms with Crippen LogP contribution >= 0.6 is 11.6 Å². The van der Waals surface area contributed by atoms with Crippen LogP contribution in [0.5, 0.6) is 0 Å². The second-order valence-corrected chi connectivity index (χ2v) is 7.59. The van der Waals surface area contributed by atoms with Gasteiger partial charge in [-0.05, 0) is 43.5 Å². The van der Waals surface area contributed by atoms with Gasteiger partial charge in [-0.3, -0.25) is 4.79 Å². The standard InChI is InChI=1S/C20H18ClF3N6O/c21-12-5-6-16(30-8-2-7-27-30)13(9-12)19(31)29-15-4-1-3-14(15)28-18-11-25-17(10-26-18)20(22,23)24/h2,5-11,14-15H,1,3-4H2,(H,26,28)(H,29,31)/t14-,15-/m0/s1. The molecule has 1 aromatic carbocycles. The lowest BCUT2D eigenvalue weighted by molar-refractivity contribution is -0.141. The van der Waals surface area contributed by atoms with Crippen LogP contribution in [0.15, 0.2) is 49.1 Å². The fourth-order valence-electron chi connectivity index (χ4n) is 3.59. The van der Waals surface area contributed by atoms with Crippen LogP contribution in [0.25, 0.3) is 5.69 Å². The molecule has 162 valence electrons. The zero-order valence-electron chi connectivity index (χ0n) is 16.1. The van der Waals surface area contributed by atoms with Crippen molar-refractivity contribution in [1.82, 2.24) is 25.1 Å². The van der Waals surface area contributed by atoms with Crippen molar-refractivity contribution in [3.05, 3.63) is 65.3 Å². The number of hydrogen-bond acceptors (Lipinski definition) is 5. The lowest BCUT2D eigenvalue weighted by atomic mass is 10.1. The summed E-state index contributed by atoms with van der Waals surface area (Å²) in [6.45, 7) is 0. The number of nitrogens with one attached hydrogen (secondary N) is 2. The van der Waals surface area contributed by atoms with E-state index in [0.29, 0.717) is 22.5 Å². The van der Waals surface area contributed by atoms with Crippen molar-refractivity contribution in [3.63, 3.8) is 0 Å².